The number of benzene rings is 1. The van der Waals surface area contributed by atoms with Crippen LogP contribution in [0.15, 0.2) is 28.8 Å². The maximum atomic E-state index is 12.7. The topological polar surface area (TPSA) is 51.0 Å². The first-order valence-corrected chi connectivity index (χ1v) is 7.24. The van der Waals surface area contributed by atoms with Gasteiger partial charge in [-0.3, -0.25) is 0 Å². The molecule has 7 heteroatoms. The van der Waals surface area contributed by atoms with Crippen molar-refractivity contribution >= 4 is 0 Å². The van der Waals surface area contributed by atoms with Crippen LogP contribution >= 0.6 is 0 Å². The van der Waals surface area contributed by atoms with E-state index in [1.54, 1.807) is 6.07 Å². The lowest BCUT2D eigenvalue weighted by Gasteiger charge is -2.19. The Kier molecular flexibility index (Phi) is 4.15. The summed E-state index contributed by atoms with van der Waals surface area (Å²) in [6, 6.07) is 5.25. The van der Waals surface area contributed by atoms with Gasteiger partial charge in [0.05, 0.1) is 18.0 Å². The molecule has 22 heavy (non-hydrogen) atoms. The van der Waals surface area contributed by atoms with Gasteiger partial charge in [-0.15, -0.1) is 0 Å². The van der Waals surface area contributed by atoms with Crippen LogP contribution in [0.2, 0.25) is 0 Å². The minimum absolute atomic E-state index is 0.0766. The highest BCUT2D eigenvalue weighted by Gasteiger charge is 2.30. The number of nitrogens with zero attached hydrogens (tertiary/aromatic N) is 2. The van der Waals surface area contributed by atoms with Crippen LogP contribution in [0.1, 0.15) is 48.1 Å². The summed E-state index contributed by atoms with van der Waals surface area (Å²) in [5.41, 5.74) is -0.166. The first-order chi connectivity index (χ1) is 10.5. The van der Waals surface area contributed by atoms with Crippen molar-refractivity contribution in [2.45, 2.75) is 37.9 Å². The Morgan fingerprint density at radius 3 is 2.86 bits per heavy atom. The first-order valence-electron chi connectivity index (χ1n) is 7.24. The Hall–Kier alpha value is -1.89. The zero-order valence-corrected chi connectivity index (χ0v) is 11.9. The van der Waals surface area contributed by atoms with Crippen LogP contribution in [0.25, 0.3) is 0 Å². The molecule has 1 saturated heterocycles. The summed E-state index contributed by atoms with van der Waals surface area (Å²) in [7, 11) is 0. The van der Waals surface area contributed by atoms with Crippen molar-refractivity contribution in [3.8, 4) is 0 Å². The van der Waals surface area contributed by atoms with E-state index >= 15 is 0 Å². The van der Waals surface area contributed by atoms with E-state index in [0.29, 0.717) is 17.3 Å². The molecule has 1 N–H and O–H groups in total. The van der Waals surface area contributed by atoms with Gasteiger partial charge in [0.1, 0.15) is 0 Å². The van der Waals surface area contributed by atoms with Crippen molar-refractivity contribution in [1.82, 2.24) is 15.5 Å². The molecule has 0 bridgehead atoms. The van der Waals surface area contributed by atoms with E-state index in [1.807, 2.05) is 0 Å². The highest BCUT2D eigenvalue weighted by Crippen LogP contribution is 2.30. The van der Waals surface area contributed by atoms with E-state index in [1.165, 1.54) is 6.07 Å². The molecule has 1 atom stereocenters. The number of hydrogen-bond donors (Lipinski definition) is 1. The Labute approximate surface area is 125 Å². The van der Waals surface area contributed by atoms with Crippen molar-refractivity contribution in [2.24, 2.45) is 0 Å². The van der Waals surface area contributed by atoms with E-state index in [2.05, 4.69) is 15.5 Å². The van der Waals surface area contributed by atoms with E-state index in [0.717, 1.165) is 37.9 Å². The van der Waals surface area contributed by atoms with Crippen molar-refractivity contribution in [3.63, 3.8) is 0 Å². The fraction of sp³-hybridized carbons (Fsp3) is 0.467. The summed E-state index contributed by atoms with van der Waals surface area (Å²) >= 11 is 0. The Balaban J connectivity index is 1.72. The Bertz CT molecular complexity index is 633. The number of hydrogen-bond acceptors (Lipinski definition) is 4. The lowest BCUT2D eigenvalue weighted by Crippen LogP contribution is -2.27. The van der Waals surface area contributed by atoms with Crippen LogP contribution in [0.3, 0.4) is 0 Å². The summed E-state index contributed by atoms with van der Waals surface area (Å²) < 4.78 is 43.2. The Morgan fingerprint density at radius 1 is 1.27 bits per heavy atom. The third-order valence-electron chi connectivity index (χ3n) is 3.72. The molecule has 1 aromatic carbocycles. The monoisotopic (exact) mass is 311 g/mol. The summed E-state index contributed by atoms with van der Waals surface area (Å²) in [5.74, 6) is 0.920. The smallest absolute Gasteiger partial charge is 0.339 e. The van der Waals surface area contributed by atoms with Crippen LogP contribution < -0.4 is 5.32 Å². The van der Waals surface area contributed by atoms with Gasteiger partial charge in [0.15, 0.2) is 5.82 Å². The summed E-state index contributed by atoms with van der Waals surface area (Å²) in [5, 5.41) is 7.24. The van der Waals surface area contributed by atoms with Gasteiger partial charge in [-0.05, 0) is 31.0 Å². The standard InChI is InChI=1S/C15H16F3N3O/c16-15(17,18)11-5-3-4-10(8-11)9-13-20-14(21-22-13)12-6-1-2-7-19-12/h3-5,8,12,19H,1-2,6-7,9H2. The van der Waals surface area contributed by atoms with Gasteiger partial charge < -0.3 is 9.84 Å². The summed E-state index contributed by atoms with van der Waals surface area (Å²) in [6.45, 7) is 0.919. The predicted molar refractivity (Wildman–Crippen MR) is 73.1 cm³/mol. The SMILES string of the molecule is FC(F)(F)c1cccc(Cc2nc(C3CCCCN3)no2)c1. The second kappa shape index (κ2) is 6.08. The molecule has 4 nitrogen and oxygen atoms in total. The molecule has 3 rings (SSSR count). The number of rotatable bonds is 3. The maximum absolute atomic E-state index is 12.7. The minimum Gasteiger partial charge on any atom is -0.339 e. The summed E-state index contributed by atoms with van der Waals surface area (Å²) in [6.07, 6.45) is -0.963. The highest BCUT2D eigenvalue weighted by atomic mass is 19.4. The number of halogens is 3. The average molecular weight is 311 g/mol. The molecule has 1 aromatic heterocycles. The maximum Gasteiger partial charge on any atom is 0.416 e. The number of piperidine rings is 1. The molecular weight excluding hydrogens is 295 g/mol. The molecule has 2 aromatic rings. The predicted octanol–water partition coefficient (Wildman–Crippen LogP) is 3.49. The van der Waals surface area contributed by atoms with Gasteiger partial charge >= 0.3 is 6.18 Å². The lowest BCUT2D eigenvalue weighted by atomic mass is 10.0. The number of alkyl halides is 3. The van der Waals surface area contributed by atoms with Gasteiger partial charge in [0.25, 0.3) is 0 Å². The van der Waals surface area contributed by atoms with Crippen LogP contribution in [-0.2, 0) is 12.6 Å². The van der Waals surface area contributed by atoms with Gasteiger partial charge in [-0.2, -0.15) is 18.2 Å². The molecule has 0 saturated carbocycles. The van der Waals surface area contributed by atoms with Crippen LogP contribution in [0.5, 0.6) is 0 Å². The number of nitrogens with one attached hydrogen (secondary N) is 1. The van der Waals surface area contributed by atoms with Gasteiger partial charge in [-0.25, -0.2) is 0 Å². The van der Waals surface area contributed by atoms with Crippen molar-refractivity contribution < 1.29 is 17.7 Å². The molecule has 1 fully saturated rings. The molecule has 0 aliphatic carbocycles. The van der Waals surface area contributed by atoms with E-state index < -0.39 is 11.7 Å². The molecule has 118 valence electrons. The quantitative estimate of drug-likeness (QED) is 0.942. The van der Waals surface area contributed by atoms with E-state index in [9.17, 15) is 13.2 Å². The van der Waals surface area contributed by atoms with Crippen molar-refractivity contribution in [1.29, 1.82) is 0 Å². The fourth-order valence-electron chi connectivity index (χ4n) is 2.59. The number of aromatic nitrogens is 2. The van der Waals surface area contributed by atoms with Gasteiger partial charge in [0.2, 0.25) is 5.89 Å². The second-order valence-corrected chi connectivity index (χ2v) is 5.42. The van der Waals surface area contributed by atoms with Gasteiger partial charge in [0, 0.05) is 0 Å². The van der Waals surface area contributed by atoms with Crippen LogP contribution in [-0.4, -0.2) is 16.7 Å². The molecular formula is C15H16F3N3O. The molecule has 1 aliphatic rings. The Morgan fingerprint density at radius 2 is 2.14 bits per heavy atom. The van der Waals surface area contributed by atoms with Crippen LogP contribution in [0, 0.1) is 0 Å². The van der Waals surface area contributed by atoms with Crippen molar-refractivity contribution in [2.75, 3.05) is 6.54 Å². The zero-order chi connectivity index (χ0) is 15.6. The normalized spacial score (nSPS) is 19.3. The third-order valence-corrected chi connectivity index (χ3v) is 3.72. The highest BCUT2D eigenvalue weighted by molar-refractivity contribution is 5.27. The molecule has 0 radical (unpaired) electrons. The van der Waals surface area contributed by atoms with E-state index in [-0.39, 0.29) is 12.5 Å². The second-order valence-electron chi connectivity index (χ2n) is 5.42. The largest absolute Gasteiger partial charge is 0.416 e. The van der Waals surface area contributed by atoms with Gasteiger partial charge in [-0.1, -0.05) is 29.8 Å². The minimum atomic E-state index is -4.35. The molecule has 1 unspecified atom stereocenters. The summed E-state index contributed by atoms with van der Waals surface area (Å²) in [4.78, 5) is 4.30. The van der Waals surface area contributed by atoms with Crippen molar-refractivity contribution in [3.05, 3.63) is 47.1 Å². The molecule has 0 amide bonds. The van der Waals surface area contributed by atoms with Crippen LogP contribution in [0.4, 0.5) is 13.2 Å². The fourth-order valence-corrected chi connectivity index (χ4v) is 2.59. The molecule has 1 aliphatic heterocycles. The zero-order valence-electron chi connectivity index (χ0n) is 11.9. The average Bonchev–Trinajstić information content (AvgIpc) is 2.96. The lowest BCUT2D eigenvalue weighted by molar-refractivity contribution is -0.137. The first kappa shape index (κ1) is 15.0. The molecule has 2 heterocycles. The molecule has 0 spiro atoms. The van der Waals surface area contributed by atoms with E-state index in [4.69, 9.17) is 4.52 Å². The third kappa shape index (κ3) is 3.47.